The lowest BCUT2D eigenvalue weighted by molar-refractivity contribution is 0.0583. The standard InChI is InChI=1S/C11H15ClN2O.ClH/c12-11-9(2-1-5-14-11)10(13)8-3-6-15-7-4-8;/h1-2,5,8,10H,3-4,6-7,13H2;1H/t10-;/m0./s1. The minimum absolute atomic E-state index is 0. The van der Waals surface area contributed by atoms with Gasteiger partial charge >= 0.3 is 0 Å². The van der Waals surface area contributed by atoms with E-state index in [-0.39, 0.29) is 18.4 Å². The summed E-state index contributed by atoms with van der Waals surface area (Å²) in [6, 6.07) is 3.81. The predicted octanol–water partition coefficient (Wildman–Crippen LogP) is 2.58. The van der Waals surface area contributed by atoms with Gasteiger partial charge in [-0.15, -0.1) is 12.4 Å². The van der Waals surface area contributed by atoms with Gasteiger partial charge in [-0.2, -0.15) is 0 Å². The first kappa shape index (κ1) is 13.7. The van der Waals surface area contributed by atoms with E-state index in [1.165, 1.54) is 0 Å². The lowest BCUT2D eigenvalue weighted by atomic mass is 9.88. The smallest absolute Gasteiger partial charge is 0.133 e. The molecule has 0 aromatic carbocycles. The highest BCUT2D eigenvalue weighted by Gasteiger charge is 2.23. The summed E-state index contributed by atoms with van der Waals surface area (Å²) >= 11 is 6.02. The molecule has 2 rings (SSSR count). The molecule has 0 radical (unpaired) electrons. The topological polar surface area (TPSA) is 48.1 Å². The maximum atomic E-state index is 6.19. The number of hydrogen-bond acceptors (Lipinski definition) is 3. The Labute approximate surface area is 107 Å². The third-order valence-corrected chi connectivity index (χ3v) is 3.24. The second kappa shape index (κ2) is 6.40. The van der Waals surface area contributed by atoms with E-state index < -0.39 is 0 Å². The molecule has 5 heteroatoms. The molecule has 1 aromatic heterocycles. The number of aromatic nitrogens is 1. The quantitative estimate of drug-likeness (QED) is 0.834. The molecule has 1 fully saturated rings. The molecule has 2 N–H and O–H groups in total. The van der Waals surface area contributed by atoms with Crippen molar-refractivity contribution >= 4 is 24.0 Å². The van der Waals surface area contributed by atoms with Crippen LogP contribution >= 0.6 is 24.0 Å². The van der Waals surface area contributed by atoms with Crippen molar-refractivity contribution in [2.75, 3.05) is 13.2 Å². The van der Waals surface area contributed by atoms with Gasteiger partial charge in [0.05, 0.1) is 0 Å². The Morgan fingerprint density at radius 1 is 1.44 bits per heavy atom. The molecular formula is C11H16Cl2N2O. The molecular weight excluding hydrogens is 247 g/mol. The zero-order chi connectivity index (χ0) is 10.7. The summed E-state index contributed by atoms with van der Waals surface area (Å²) in [4.78, 5) is 4.05. The molecule has 3 nitrogen and oxygen atoms in total. The monoisotopic (exact) mass is 262 g/mol. The number of hydrogen-bond donors (Lipinski definition) is 1. The minimum atomic E-state index is -0.0184. The third-order valence-electron chi connectivity index (χ3n) is 2.92. The molecule has 16 heavy (non-hydrogen) atoms. The Balaban J connectivity index is 0.00000128. The second-order valence-corrected chi connectivity index (χ2v) is 4.22. The van der Waals surface area contributed by atoms with Crippen LogP contribution in [0.4, 0.5) is 0 Å². The molecule has 1 aromatic rings. The summed E-state index contributed by atoms with van der Waals surface area (Å²) in [6.45, 7) is 1.60. The van der Waals surface area contributed by atoms with Gasteiger partial charge in [0, 0.05) is 31.0 Å². The predicted molar refractivity (Wildman–Crippen MR) is 67.0 cm³/mol. The highest BCUT2D eigenvalue weighted by molar-refractivity contribution is 6.30. The number of halogens is 2. The molecule has 0 saturated carbocycles. The number of pyridine rings is 1. The van der Waals surface area contributed by atoms with Gasteiger partial charge in [0.2, 0.25) is 0 Å². The molecule has 0 unspecified atom stereocenters. The number of rotatable bonds is 2. The van der Waals surface area contributed by atoms with Gasteiger partial charge in [0.1, 0.15) is 5.15 Å². The molecule has 1 saturated heterocycles. The molecule has 0 aliphatic carbocycles. The summed E-state index contributed by atoms with van der Waals surface area (Å²) in [5.41, 5.74) is 7.14. The highest BCUT2D eigenvalue weighted by Crippen LogP contribution is 2.30. The van der Waals surface area contributed by atoms with Crippen molar-refractivity contribution in [1.29, 1.82) is 0 Å². The van der Waals surface area contributed by atoms with Crippen LogP contribution in [0.2, 0.25) is 5.15 Å². The van der Waals surface area contributed by atoms with Gasteiger partial charge in [0.25, 0.3) is 0 Å². The van der Waals surface area contributed by atoms with E-state index in [2.05, 4.69) is 4.98 Å². The van der Waals surface area contributed by atoms with Gasteiger partial charge in [-0.05, 0) is 24.8 Å². The molecule has 0 spiro atoms. The fraction of sp³-hybridized carbons (Fsp3) is 0.545. The first-order valence-corrected chi connectivity index (χ1v) is 5.60. The first-order chi connectivity index (χ1) is 7.29. The van der Waals surface area contributed by atoms with Crippen LogP contribution < -0.4 is 5.73 Å². The summed E-state index contributed by atoms with van der Waals surface area (Å²) in [7, 11) is 0. The van der Waals surface area contributed by atoms with Crippen LogP contribution in [0.25, 0.3) is 0 Å². The van der Waals surface area contributed by atoms with Gasteiger partial charge < -0.3 is 10.5 Å². The maximum Gasteiger partial charge on any atom is 0.133 e. The van der Waals surface area contributed by atoms with Crippen LogP contribution in [0.5, 0.6) is 0 Å². The molecule has 1 atom stereocenters. The van der Waals surface area contributed by atoms with Crippen LogP contribution in [0.3, 0.4) is 0 Å². The van der Waals surface area contributed by atoms with Crippen molar-refractivity contribution in [3.8, 4) is 0 Å². The first-order valence-electron chi connectivity index (χ1n) is 5.23. The summed E-state index contributed by atoms with van der Waals surface area (Å²) < 4.78 is 5.31. The Kier molecular flexibility index (Phi) is 5.49. The van der Waals surface area contributed by atoms with E-state index in [9.17, 15) is 0 Å². The normalized spacial score (nSPS) is 18.9. The zero-order valence-corrected chi connectivity index (χ0v) is 10.5. The minimum Gasteiger partial charge on any atom is -0.381 e. The van der Waals surface area contributed by atoms with Crippen molar-refractivity contribution in [3.63, 3.8) is 0 Å². The van der Waals surface area contributed by atoms with Crippen molar-refractivity contribution in [1.82, 2.24) is 4.98 Å². The van der Waals surface area contributed by atoms with E-state index in [1.807, 2.05) is 12.1 Å². The molecule has 2 heterocycles. The largest absolute Gasteiger partial charge is 0.381 e. The highest BCUT2D eigenvalue weighted by atomic mass is 35.5. The number of ether oxygens (including phenoxy) is 1. The van der Waals surface area contributed by atoms with Gasteiger partial charge in [-0.1, -0.05) is 17.7 Å². The maximum absolute atomic E-state index is 6.19. The van der Waals surface area contributed by atoms with Crippen molar-refractivity contribution in [2.45, 2.75) is 18.9 Å². The fourth-order valence-corrected chi connectivity index (χ4v) is 2.22. The lowest BCUT2D eigenvalue weighted by Gasteiger charge is -2.28. The van der Waals surface area contributed by atoms with Crippen molar-refractivity contribution < 1.29 is 4.74 Å². The van der Waals surface area contributed by atoms with Crippen molar-refractivity contribution in [2.24, 2.45) is 11.7 Å². The molecule has 0 amide bonds. The summed E-state index contributed by atoms with van der Waals surface area (Å²) in [6.07, 6.45) is 3.70. The summed E-state index contributed by atoms with van der Waals surface area (Å²) in [5, 5.41) is 0.525. The molecule has 1 aliphatic heterocycles. The van der Waals surface area contributed by atoms with Gasteiger partial charge in [-0.3, -0.25) is 0 Å². The third kappa shape index (κ3) is 3.08. The lowest BCUT2D eigenvalue weighted by Crippen LogP contribution is -2.27. The van der Waals surface area contributed by atoms with Crippen LogP contribution in [0.1, 0.15) is 24.4 Å². The van der Waals surface area contributed by atoms with Crippen LogP contribution in [0.15, 0.2) is 18.3 Å². The molecule has 0 bridgehead atoms. The Morgan fingerprint density at radius 2 is 2.12 bits per heavy atom. The summed E-state index contributed by atoms with van der Waals surface area (Å²) in [5.74, 6) is 0.459. The van der Waals surface area contributed by atoms with Gasteiger partial charge in [-0.25, -0.2) is 4.98 Å². The average Bonchev–Trinajstić information content (AvgIpc) is 2.30. The Morgan fingerprint density at radius 3 is 2.75 bits per heavy atom. The second-order valence-electron chi connectivity index (χ2n) is 3.86. The Hall–Kier alpha value is -0.350. The van der Waals surface area contributed by atoms with Crippen LogP contribution in [-0.4, -0.2) is 18.2 Å². The number of nitrogens with two attached hydrogens (primary N) is 1. The average molecular weight is 263 g/mol. The fourth-order valence-electron chi connectivity index (χ4n) is 1.98. The van der Waals surface area contributed by atoms with E-state index in [0.29, 0.717) is 11.1 Å². The van der Waals surface area contributed by atoms with E-state index in [4.69, 9.17) is 22.1 Å². The Bertz CT molecular complexity index is 330. The van der Waals surface area contributed by atoms with E-state index in [1.54, 1.807) is 6.20 Å². The molecule has 90 valence electrons. The number of nitrogens with zero attached hydrogens (tertiary/aromatic N) is 1. The van der Waals surface area contributed by atoms with E-state index >= 15 is 0 Å². The van der Waals surface area contributed by atoms with E-state index in [0.717, 1.165) is 31.6 Å². The van der Waals surface area contributed by atoms with Crippen LogP contribution in [-0.2, 0) is 4.74 Å². The zero-order valence-electron chi connectivity index (χ0n) is 8.93. The van der Waals surface area contributed by atoms with Crippen molar-refractivity contribution in [3.05, 3.63) is 29.0 Å². The SMILES string of the molecule is Cl.N[C@H](c1cccnc1Cl)C1CCOCC1. The molecule has 1 aliphatic rings. The van der Waals surface area contributed by atoms with Gasteiger partial charge in [0.15, 0.2) is 0 Å². The van der Waals surface area contributed by atoms with Crippen LogP contribution in [0, 0.1) is 5.92 Å².